The molecule has 3 nitrogen and oxygen atoms in total. The van der Waals surface area contributed by atoms with Crippen LogP contribution in [0.25, 0.3) is 0 Å². The van der Waals surface area contributed by atoms with Crippen molar-refractivity contribution >= 4 is 15.4 Å². The van der Waals surface area contributed by atoms with E-state index in [9.17, 15) is 0 Å². The molecule has 2 aliphatic rings. The Morgan fingerprint density at radius 2 is 1.50 bits per heavy atom. The summed E-state index contributed by atoms with van der Waals surface area (Å²) in [5, 5.41) is 0. The average molecular weight is 352 g/mol. The molecular formula is C19H37BO3Si. The molecule has 0 aromatic heterocycles. The molecule has 0 radical (unpaired) electrons. The van der Waals surface area contributed by atoms with E-state index in [2.05, 4.69) is 60.6 Å². The minimum Gasteiger partial charge on any atom is -0.411 e. The first-order chi connectivity index (χ1) is 11.2. The zero-order valence-electron chi connectivity index (χ0n) is 16.9. The van der Waals surface area contributed by atoms with Gasteiger partial charge in [0, 0.05) is 5.82 Å². The first-order valence-electron chi connectivity index (χ1n) is 9.90. The van der Waals surface area contributed by atoms with Gasteiger partial charge in [-0.2, -0.15) is 0 Å². The first-order valence-corrected chi connectivity index (χ1v) is 12.4. The number of hydrogen-bond donors (Lipinski definition) is 0. The van der Waals surface area contributed by atoms with Crippen LogP contribution in [0.4, 0.5) is 0 Å². The molecule has 0 aromatic rings. The summed E-state index contributed by atoms with van der Waals surface area (Å²) in [5.74, 6) is 0.334. The Labute approximate surface area is 150 Å². The van der Waals surface area contributed by atoms with E-state index in [4.69, 9.17) is 13.7 Å². The van der Waals surface area contributed by atoms with Crippen LogP contribution in [-0.4, -0.2) is 32.7 Å². The van der Waals surface area contributed by atoms with Gasteiger partial charge in [-0.25, -0.2) is 0 Å². The van der Waals surface area contributed by atoms with Gasteiger partial charge in [0.15, 0.2) is 8.32 Å². The Kier molecular flexibility index (Phi) is 6.44. The molecule has 0 unspecified atom stereocenters. The van der Waals surface area contributed by atoms with Crippen molar-refractivity contribution in [3.63, 3.8) is 0 Å². The summed E-state index contributed by atoms with van der Waals surface area (Å²) in [4.78, 5) is 0. The summed E-state index contributed by atoms with van der Waals surface area (Å²) in [6.07, 6.45) is 8.30. The maximum atomic E-state index is 6.67. The molecule has 1 saturated heterocycles. The largest absolute Gasteiger partial charge is 0.465 e. The monoisotopic (exact) mass is 352 g/mol. The maximum absolute atomic E-state index is 6.67. The minimum absolute atomic E-state index is 0.129. The third kappa shape index (κ3) is 4.17. The minimum atomic E-state index is -1.54. The summed E-state index contributed by atoms with van der Waals surface area (Å²) in [6.45, 7) is 15.4. The quantitative estimate of drug-likeness (QED) is 0.461. The van der Waals surface area contributed by atoms with Gasteiger partial charge in [0.1, 0.15) is 0 Å². The van der Waals surface area contributed by atoms with Gasteiger partial charge in [0.2, 0.25) is 0 Å². The van der Waals surface area contributed by atoms with Crippen molar-refractivity contribution in [3.05, 3.63) is 12.2 Å². The second-order valence-electron chi connectivity index (χ2n) is 8.50. The molecule has 138 valence electrons. The number of hydrogen-bond acceptors (Lipinski definition) is 3. The maximum Gasteiger partial charge on any atom is 0.465 e. The average Bonchev–Trinajstić information content (AvgIpc) is 2.70. The summed E-state index contributed by atoms with van der Waals surface area (Å²) < 4.78 is 19.2. The lowest BCUT2D eigenvalue weighted by molar-refractivity contribution is 0.00578. The van der Waals surface area contributed by atoms with Crippen molar-refractivity contribution in [2.75, 3.05) is 0 Å². The Morgan fingerprint density at radius 1 is 0.958 bits per heavy atom. The third-order valence-electron chi connectivity index (χ3n) is 6.55. The smallest absolute Gasteiger partial charge is 0.411 e. The van der Waals surface area contributed by atoms with Crippen LogP contribution >= 0.6 is 0 Å². The summed E-state index contributed by atoms with van der Waals surface area (Å²) in [7, 11) is -1.67. The fourth-order valence-electron chi connectivity index (χ4n) is 3.72. The van der Waals surface area contributed by atoms with Crippen molar-refractivity contribution in [1.82, 2.24) is 0 Å². The van der Waals surface area contributed by atoms with Gasteiger partial charge in [0.05, 0.1) is 17.3 Å². The van der Waals surface area contributed by atoms with E-state index in [1.54, 1.807) is 0 Å². The molecule has 0 aromatic carbocycles. The molecule has 0 bridgehead atoms. The van der Waals surface area contributed by atoms with Crippen LogP contribution in [0, 0.1) is 0 Å². The zero-order valence-corrected chi connectivity index (χ0v) is 17.9. The summed E-state index contributed by atoms with van der Waals surface area (Å²) >= 11 is 0. The Hall–Kier alpha value is -0.0982. The highest BCUT2D eigenvalue weighted by Crippen LogP contribution is 2.42. The molecule has 2 rings (SSSR count). The topological polar surface area (TPSA) is 27.7 Å². The summed E-state index contributed by atoms with van der Waals surface area (Å²) in [5.41, 5.74) is -0.495. The second kappa shape index (κ2) is 7.65. The van der Waals surface area contributed by atoms with Crippen molar-refractivity contribution in [2.24, 2.45) is 0 Å². The Morgan fingerprint density at radius 3 is 2.00 bits per heavy atom. The molecule has 0 saturated carbocycles. The van der Waals surface area contributed by atoms with E-state index in [0.29, 0.717) is 5.82 Å². The highest BCUT2D eigenvalue weighted by atomic mass is 28.4. The molecule has 1 aliphatic carbocycles. The van der Waals surface area contributed by atoms with Crippen molar-refractivity contribution in [2.45, 2.75) is 109 Å². The van der Waals surface area contributed by atoms with Crippen LogP contribution in [0.1, 0.15) is 67.7 Å². The van der Waals surface area contributed by atoms with Crippen LogP contribution in [0.5, 0.6) is 0 Å². The molecular weight excluding hydrogens is 315 g/mol. The van der Waals surface area contributed by atoms with E-state index in [0.717, 1.165) is 12.8 Å². The lowest BCUT2D eigenvalue weighted by Crippen LogP contribution is -2.41. The van der Waals surface area contributed by atoms with E-state index in [1.165, 1.54) is 24.6 Å². The zero-order chi connectivity index (χ0) is 18.0. The van der Waals surface area contributed by atoms with Gasteiger partial charge < -0.3 is 13.7 Å². The molecule has 0 N–H and O–H groups in total. The third-order valence-corrected chi connectivity index (χ3v) is 11.2. The SMILES string of the molecule is CC[Si](CC)(CC)O[C@@H]1C=C[C@@H](B2OC(C)(C)C(C)(C)O2)CCC1. The van der Waals surface area contributed by atoms with Crippen molar-refractivity contribution < 1.29 is 13.7 Å². The van der Waals surface area contributed by atoms with Gasteiger partial charge in [-0.1, -0.05) is 39.3 Å². The van der Waals surface area contributed by atoms with E-state index >= 15 is 0 Å². The van der Waals surface area contributed by atoms with Gasteiger partial charge >= 0.3 is 7.12 Å². The lowest BCUT2D eigenvalue weighted by Gasteiger charge is -2.32. The fraction of sp³-hybridized carbons (Fsp3) is 0.895. The highest BCUT2D eigenvalue weighted by molar-refractivity contribution is 6.73. The van der Waals surface area contributed by atoms with Gasteiger partial charge in [-0.3, -0.25) is 0 Å². The normalized spacial score (nSPS) is 29.7. The van der Waals surface area contributed by atoms with Crippen LogP contribution in [0.15, 0.2) is 12.2 Å². The van der Waals surface area contributed by atoms with Crippen LogP contribution in [0.3, 0.4) is 0 Å². The second-order valence-corrected chi connectivity index (χ2v) is 13.2. The van der Waals surface area contributed by atoms with Crippen molar-refractivity contribution in [3.8, 4) is 0 Å². The number of rotatable bonds is 6. The molecule has 1 heterocycles. The first kappa shape index (κ1) is 20.2. The standard InChI is InChI=1S/C19H37BO3Si/c1-8-24(9-2,10-3)21-17-13-11-12-16(14-15-17)20-22-18(4,5)19(6,7)23-20/h14-17H,8-13H2,1-7H3/t16-,17-/m0/s1. The van der Waals surface area contributed by atoms with Crippen LogP contribution in [0.2, 0.25) is 23.9 Å². The molecule has 5 heteroatoms. The van der Waals surface area contributed by atoms with Crippen LogP contribution in [-0.2, 0) is 13.7 Å². The van der Waals surface area contributed by atoms with Crippen LogP contribution < -0.4 is 0 Å². The molecule has 1 fully saturated rings. The van der Waals surface area contributed by atoms with E-state index in [-0.39, 0.29) is 24.4 Å². The molecule has 2 atom stereocenters. The fourth-order valence-corrected chi connectivity index (χ4v) is 6.56. The van der Waals surface area contributed by atoms with Crippen molar-refractivity contribution in [1.29, 1.82) is 0 Å². The van der Waals surface area contributed by atoms with Gasteiger partial charge in [0.25, 0.3) is 0 Å². The van der Waals surface area contributed by atoms with Gasteiger partial charge in [-0.05, 0) is 58.7 Å². The van der Waals surface area contributed by atoms with Gasteiger partial charge in [-0.15, -0.1) is 0 Å². The predicted molar refractivity (Wildman–Crippen MR) is 105 cm³/mol. The molecule has 0 spiro atoms. The Bertz CT molecular complexity index is 422. The molecule has 1 aliphatic heterocycles. The Balaban J connectivity index is 2.03. The van der Waals surface area contributed by atoms with E-state index in [1.807, 2.05) is 0 Å². The highest BCUT2D eigenvalue weighted by Gasteiger charge is 2.53. The number of allylic oxidation sites excluding steroid dienone is 1. The summed E-state index contributed by atoms with van der Waals surface area (Å²) in [6, 6.07) is 3.64. The molecule has 24 heavy (non-hydrogen) atoms. The van der Waals surface area contributed by atoms with E-state index < -0.39 is 8.32 Å². The predicted octanol–water partition coefficient (Wildman–Crippen LogP) is 5.58. The molecule has 0 amide bonds. The lowest BCUT2D eigenvalue weighted by atomic mass is 9.69.